The van der Waals surface area contributed by atoms with Crippen molar-refractivity contribution in [3.8, 4) is 23.1 Å². The van der Waals surface area contributed by atoms with Crippen LogP contribution in [0.4, 0.5) is 0 Å². The van der Waals surface area contributed by atoms with Crippen LogP contribution in [0.5, 0.6) is 11.6 Å². The number of carbonyl (C=O) groups excluding carboxylic acids is 1. The summed E-state index contributed by atoms with van der Waals surface area (Å²) in [5.41, 5.74) is 9.68. The first-order valence-corrected chi connectivity index (χ1v) is 16.6. The SMILES string of the molecule is [B]C([B])([B])Oc1ccc2cc(-c3nc4cc(C(=O)N5C[C@@H](C)[C@@H](N)[C@H]5C)cc(OC)c4n3CCS(C)=O)n(CC3CC3)c2n1. The first-order valence-electron chi connectivity index (χ1n) is 14.9. The van der Waals surface area contributed by atoms with Crippen molar-refractivity contribution in [2.45, 2.75) is 57.2 Å². The molecule has 1 unspecified atom stereocenters. The molecule has 1 saturated heterocycles. The van der Waals surface area contributed by atoms with Gasteiger partial charge in [0.25, 0.3) is 5.91 Å². The fourth-order valence-corrected chi connectivity index (χ4v) is 6.57. The first-order chi connectivity index (χ1) is 20.8. The van der Waals surface area contributed by atoms with Gasteiger partial charge in [-0.15, -0.1) is 0 Å². The highest BCUT2D eigenvalue weighted by Crippen LogP contribution is 2.39. The van der Waals surface area contributed by atoms with Gasteiger partial charge in [0.1, 0.15) is 40.5 Å². The van der Waals surface area contributed by atoms with Gasteiger partial charge in [-0.05, 0) is 61.2 Å². The van der Waals surface area contributed by atoms with E-state index in [4.69, 9.17) is 48.7 Å². The number of benzene rings is 1. The largest absolute Gasteiger partial charge is 0.501 e. The number of aryl methyl sites for hydroxylation is 1. The molecule has 1 saturated carbocycles. The molecule has 3 aromatic heterocycles. The summed E-state index contributed by atoms with van der Waals surface area (Å²) in [6.45, 7) is 5.79. The number of imidazole rings is 1. The van der Waals surface area contributed by atoms with Crippen molar-refractivity contribution in [2.24, 2.45) is 17.6 Å². The van der Waals surface area contributed by atoms with E-state index in [1.165, 1.54) is 0 Å². The van der Waals surface area contributed by atoms with Crippen LogP contribution in [0.1, 0.15) is 37.0 Å². The summed E-state index contributed by atoms with van der Waals surface area (Å²) in [7, 11) is 17.6. The predicted octanol–water partition coefficient (Wildman–Crippen LogP) is 2.15. The molecule has 4 heterocycles. The lowest BCUT2D eigenvalue weighted by molar-refractivity contribution is 0.0739. The Hall–Kier alpha value is -3.25. The third-order valence-corrected chi connectivity index (χ3v) is 9.45. The smallest absolute Gasteiger partial charge is 0.254 e. The highest BCUT2D eigenvalue weighted by molar-refractivity contribution is 7.84. The Morgan fingerprint density at radius 3 is 2.50 bits per heavy atom. The number of nitrogens with zero attached hydrogens (tertiary/aromatic N) is 5. The average molecular weight is 608 g/mol. The minimum Gasteiger partial charge on any atom is -0.501 e. The van der Waals surface area contributed by atoms with Crippen molar-refractivity contribution >= 4 is 62.3 Å². The van der Waals surface area contributed by atoms with Gasteiger partial charge in [-0.25, -0.2) is 4.98 Å². The molecule has 4 aromatic rings. The lowest BCUT2D eigenvalue weighted by Crippen LogP contribution is -2.40. The summed E-state index contributed by atoms with van der Waals surface area (Å²) < 4.78 is 27.8. The van der Waals surface area contributed by atoms with Crippen molar-refractivity contribution < 1.29 is 18.5 Å². The van der Waals surface area contributed by atoms with E-state index in [-0.39, 0.29) is 29.8 Å². The molecule has 0 bridgehead atoms. The number of likely N-dealkylation sites (tertiary alicyclic amines) is 1. The Kier molecular flexibility index (Phi) is 8.11. The van der Waals surface area contributed by atoms with Crippen molar-refractivity contribution in [1.82, 2.24) is 24.0 Å². The quantitative estimate of drug-likeness (QED) is 0.275. The Bertz CT molecular complexity index is 1770. The van der Waals surface area contributed by atoms with Gasteiger partial charge >= 0.3 is 0 Å². The topological polar surface area (TPSA) is 118 Å². The highest BCUT2D eigenvalue weighted by Gasteiger charge is 2.37. The lowest BCUT2D eigenvalue weighted by Gasteiger charge is -2.23. The van der Waals surface area contributed by atoms with Gasteiger partial charge in [-0.2, -0.15) is 4.98 Å². The Labute approximate surface area is 263 Å². The predicted molar refractivity (Wildman–Crippen MR) is 175 cm³/mol. The maximum Gasteiger partial charge on any atom is 0.254 e. The van der Waals surface area contributed by atoms with Crippen LogP contribution in [0.15, 0.2) is 30.3 Å². The third-order valence-electron chi connectivity index (χ3n) is 8.69. The zero-order chi connectivity index (χ0) is 31.5. The van der Waals surface area contributed by atoms with Crippen LogP contribution in [-0.4, -0.2) is 101 Å². The van der Waals surface area contributed by atoms with E-state index in [0.717, 1.165) is 36.0 Å². The van der Waals surface area contributed by atoms with E-state index in [1.807, 2.05) is 34.6 Å². The maximum absolute atomic E-state index is 13.8. The average Bonchev–Trinajstić information content (AvgIpc) is 3.54. The lowest BCUT2D eigenvalue weighted by atomic mass is 9.52. The maximum atomic E-state index is 13.8. The molecule has 1 amide bonds. The second-order valence-electron chi connectivity index (χ2n) is 12.3. The molecular formula is C30H35B3N6O4S. The van der Waals surface area contributed by atoms with Gasteiger partial charge in [0.15, 0.2) is 5.82 Å². The number of hydrogen-bond acceptors (Lipinski definition) is 7. The summed E-state index contributed by atoms with van der Waals surface area (Å²) in [6, 6.07) is 8.98. The molecule has 14 heteroatoms. The molecule has 6 rings (SSSR count). The number of nitrogens with two attached hydrogens (primary N) is 1. The molecule has 2 aliphatic rings. The first kappa shape index (κ1) is 30.8. The van der Waals surface area contributed by atoms with E-state index in [1.54, 1.807) is 25.5 Å². The van der Waals surface area contributed by atoms with Crippen molar-refractivity contribution in [3.63, 3.8) is 0 Å². The molecular weight excluding hydrogens is 573 g/mol. The van der Waals surface area contributed by atoms with Crippen LogP contribution in [0.25, 0.3) is 33.6 Å². The van der Waals surface area contributed by atoms with E-state index in [2.05, 4.69) is 11.5 Å². The molecule has 44 heavy (non-hydrogen) atoms. The van der Waals surface area contributed by atoms with Gasteiger partial charge in [0.05, 0.1) is 18.3 Å². The Balaban J connectivity index is 1.52. The second-order valence-corrected chi connectivity index (χ2v) is 13.8. The summed E-state index contributed by atoms with van der Waals surface area (Å²) >= 11 is 0. The monoisotopic (exact) mass is 608 g/mol. The number of pyridine rings is 1. The van der Waals surface area contributed by atoms with Gasteiger partial charge in [-0.3, -0.25) is 9.00 Å². The molecule has 1 aliphatic carbocycles. The number of amides is 1. The molecule has 0 spiro atoms. The standard InChI is InChI=1S/C30H35B3N6O4S/c1-16-14-38(17(2)25(16)34)29(40)20-11-21-26(23(13-20)42-3)37(9-10-44(4)41)28(35-21)22-12-19-7-8-24(43-30(31,32)33)36-27(19)39(22)15-18-5-6-18/h7-8,11-13,16-18,25H,5-6,9-10,14-15,34H2,1-4H3/t16-,17-,25-,44?/m1/s1. The molecule has 4 atom stereocenters. The molecule has 224 valence electrons. The van der Waals surface area contributed by atoms with E-state index >= 15 is 0 Å². The van der Waals surface area contributed by atoms with Crippen LogP contribution in [-0.2, 0) is 23.9 Å². The number of fused-ring (bicyclic) bond motifs is 2. The van der Waals surface area contributed by atoms with E-state index < -0.39 is 16.1 Å². The molecule has 10 nitrogen and oxygen atoms in total. The highest BCUT2D eigenvalue weighted by atomic mass is 32.2. The number of methoxy groups -OCH3 is 1. The number of hydrogen-bond donors (Lipinski definition) is 1. The minimum absolute atomic E-state index is 0.0886. The van der Waals surface area contributed by atoms with Crippen LogP contribution >= 0.6 is 0 Å². The molecule has 6 radical (unpaired) electrons. The van der Waals surface area contributed by atoms with Crippen LogP contribution < -0.4 is 15.2 Å². The Morgan fingerprint density at radius 1 is 1.14 bits per heavy atom. The summed E-state index contributed by atoms with van der Waals surface area (Å²) in [6.07, 6.45) is 3.92. The van der Waals surface area contributed by atoms with Gasteiger partial charge < -0.3 is 29.2 Å². The number of aromatic nitrogens is 4. The summed E-state index contributed by atoms with van der Waals surface area (Å²) in [5.74, 6) is 2.38. The zero-order valence-corrected chi connectivity index (χ0v) is 26.3. The summed E-state index contributed by atoms with van der Waals surface area (Å²) in [5, 5.41) is -0.998. The fourth-order valence-electron chi connectivity index (χ4n) is 6.13. The van der Waals surface area contributed by atoms with Crippen LogP contribution in [0.3, 0.4) is 0 Å². The van der Waals surface area contributed by atoms with Gasteiger partial charge in [0, 0.05) is 71.5 Å². The zero-order valence-electron chi connectivity index (χ0n) is 25.5. The van der Waals surface area contributed by atoms with Crippen LogP contribution in [0.2, 0.25) is 0 Å². The molecule has 2 fully saturated rings. The van der Waals surface area contributed by atoms with E-state index in [9.17, 15) is 9.00 Å². The van der Waals surface area contributed by atoms with Crippen molar-refractivity contribution in [3.05, 3.63) is 35.9 Å². The third kappa shape index (κ3) is 5.90. The minimum atomic E-state index is -1.87. The van der Waals surface area contributed by atoms with E-state index in [0.29, 0.717) is 53.1 Å². The van der Waals surface area contributed by atoms with Crippen molar-refractivity contribution in [2.75, 3.05) is 25.7 Å². The fraction of sp³-hybridized carbons (Fsp3) is 0.500. The molecule has 1 aliphatic heterocycles. The number of rotatable bonds is 10. The number of ether oxygens (including phenoxy) is 2. The Morgan fingerprint density at radius 2 is 1.89 bits per heavy atom. The second kappa shape index (κ2) is 11.6. The molecule has 2 N–H and O–H groups in total. The normalized spacial score (nSPS) is 21.3. The number of carbonyl (C=O) groups is 1. The summed E-state index contributed by atoms with van der Waals surface area (Å²) in [4.78, 5) is 25.4. The van der Waals surface area contributed by atoms with Gasteiger partial charge in [0.2, 0.25) is 5.88 Å². The molecule has 1 aromatic carbocycles. The van der Waals surface area contributed by atoms with Gasteiger partial charge in [-0.1, -0.05) is 6.92 Å². The van der Waals surface area contributed by atoms with Crippen LogP contribution in [0, 0.1) is 11.8 Å². The van der Waals surface area contributed by atoms with Crippen molar-refractivity contribution in [1.29, 1.82) is 0 Å².